The average molecular weight is 408 g/mol. The van der Waals surface area contributed by atoms with Crippen LogP contribution in [0.2, 0.25) is 13.1 Å². The highest BCUT2D eigenvalue weighted by Gasteiger charge is 2.52. The molecule has 1 saturated heterocycles. The van der Waals surface area contributed by atoms with Gasteiger partial charge in [-0.25, -0.2) is 4.79 Å². The monoisotopic (exact) mass is 407 g/mol. The van der Waals surface area contributed by atoms with Crippen LogP contribution in [0.3, 0.4) is 0 Å². The van der Waals surface area contributed by atoms with Crippen molar-refractivity contribution in [3.8, 4) is 0 Å². The van der Waals surface area contributed by atoms with E-state index in [2.05, 4.69) is 49.8 Å². The Morgan fingerprint density at radius 1 is 1.26 bits per heavy atom. The quantitative estimate of drug-likeness (QED) is 0.497. The molecule has 0 aromatic rings. The molecule has 6 heteroatoms. The van der Waals surface area contributed by atoms with E-state index in [1.165, 1.54) is 0 Å². The zero-order valence-electron chi connectivity index (χ0n) is 16.0. The SMILES string of the molecule is C[SiH](C)O[C@]1(CCBr)C[C@H](C(C)(C)C)CN1C(=O)OC(C)(C)C. The van der Waals surface area contributed by atoms with Crippen LogP contribution in [-0.4, -0.2) is 43.2 Å². The van der Waals surface area contributed by atoms with E-state index < -0.39 is 20.4 Å². The van der Waals surface area contributed by atoms with Crippen molar-refractivity contribution >= 4 is 31.1 Å². The summed E-state index contributed by atoms with van der Waals surface area (Å²) in [6.45, 7) is 17.5. The minimum absolute atomic E-state index is 0.135. The summed E-state index contributed by atoms with van der Waals surface area (Å²) in [4.78, 5) is 14.7. The predicted molar refractivity (Wildman–Crippen MR) is 102 cm³/mol. The number of hydrogen-bond acceptors (Lipinski definition) is 3. The van der Waals surface area contributed by atoms with Crippen LogP contribution in [0, 0.1) is 11.3 Å². The molecule has 0 radical (unpaired) electrons. The number of nitrogens with zero attached hydrogens (tertiary/aromatic N) is 1. The van der Waals surface area contributed by atoms with Crippen molar-refractivity contribution in [2.24, 2.45) is 11.3 Å². The molecule has 0 bridgehead atoms. The summed E-state index contributed by atoms with van der Waals surface area (Å²) in [6, 6.07) is 0. The standard InChI is InChI=1S/C17H34BrNO3Si/c1-15(2,3)13-11-17(9-10-18,22-23(7)8)19(12-13)14(20)21-16(4,5)6/h13,23H,9-12H2,1-8H3/t13-,17+/m0/s1. The fourth-order valence-corrected chi connectivity index (χ4v) is 4.92. The molecule has 0 aromatic heterocycles. The number of likely N-dealkylation sites (tertiary alicyclic amines) is 1. The van der Waals surface area contributed by atoms with Gasteiger partial charge >= 0.3 is 6.09 Å². The van der Waals surface area contributed by atoms with E-state index >= 15 is 0 Å². The second-order valence-electron chi connectivity index (χ2n) is 8.91. The molecule has 1 aliphatic heterocycles. The number of carbonyl (C=O) groups excluding carboxylic acids is 1. The lowest BCUT2D eigenvalue weighted by atomic mass is 9.79. The summed E-state index contributed by atoms with van der Waals surface area (Å²) >= 11 is 3.55. The lowest BCUT2D eigenvalue weighted by Gasteiger charge is -2.40. The second-order valence-corrected chi connectivity index (χ2v) is 12.0. The molecule has 1 amide bonds. The molecule has 0 unspecified atom stereocenters. The van der Waals surface area contributed by atoms with Gasteiger partial charge in [0.1, 0.15) is 11.3 Å². The molecule has 0 spiro atoms. The van der Waals surface area contributed by atoms with Crippen molar-refractivity contribution < 1.29 is 14.0 Å². The zero-order chi connectivity index (χ0) is 18.1. The highest BCUT2D eigenvalue weighted by Crippen LogP contribution is 2.45. The highest BCUT2D eigenvalue weighted by atomic mass is 79.9. The normalized spacial score (nSPS) is 26.0. The summed E-state index contributed by atoms with van der Waals surface area (Å²) < 4.78 is 12.1. The molecule has 0 aromatic carbocycles. The maximum absolute atomic E-state index is 12.8. The molecule has 0 N–H and O–H groups in total. The van der Waals surface area contributed by atoms with E-state index in [1.807, 2.05) is 25.7 Å². The van der Waals surface area contributed by atoms with Crippen LogP contribution in [0.15, 0.2) is 0 Å². The fraction of sp³-hybridized carbons (Fsp3) is 0.941. The first-order valence-electron chi connectivity index (χ1n) is 8.55. The second kappa shape index (κ2) is 7.44. The Kier molecular flexibility index (Phi) is 6.78. The van der Waals surface area contributed by atoms with Gasteiger partial charge in [0.15, 0.2) is 9.04 Å². The van der Waals surface area contributed by atoms with Crippen molar-refractivity contribution in [3.63, 3.8) is 0 Å². The van der Waals surface area contributed by atoms with Gasteiger partial charge in [-0.1, -0.05) is 36.7 Å². The third-order valence-electron chi connectivity index (χ3n) is 4.24. The van der Waals surface area contributed by atoms with Crippen LogP contribution in [0.1, 0.15) is 54.4 Å². The van der Waals surface area contributed by atoms with E-state index in [0.717, 1.165) is 18.2 Å². The number of halogens is 1. The van der Waals surface area contributed by atoms with Crippen molar-refractivity contribution in [3.05, 3.63) is 0 Å². The van der Waals surface area contributed by atoms with Crippen LogP contribution < -0.4 is 0 Å². The fourth-order valence-electron chi connectivity index (χ4n) is 3.08. The number of hydrogen-bond donors (Lipinski definition) is 0. The van der Waals surface area contributed by atoms with Crippen molar-refractivity contribution in [1.29, 1.82) is 0 Å². The van der Waals surface area contributed by atoms with Crippen LogP contribution >= 0.6 is 15.9 Å². The lowest BCUT2D eigenvalue weighted by Crippen LogP contribution is -2.52. The van der Waals surface area contributed by atoms with E-state index in [4.69, 9.17) is 9.16 Å². The van der Waals surface area contributed by atoms with Gasteiger partial charge in [-0.3, -0.25) is 4.90 Å². The molecule has 2 atom stereocenters. The molecular formula is C17H34BrNO3Si. The predicted octanol–water partition coefficient (Wildman–Crippen LogP) is 4.77. The largest absolute Gasteiger partial charge is 0.444 e. The molecule has 1 rings (SSSR count). The van der Waals surface area contributed by atoms with Gasteiger partial charge in [0.2, 0.25) is 0 Å². The Morgan fingerprint density at radius 3 is 2.22 bits per heavy atom. The Hall–Kier alpha value is -0.0731. The Labute approximate surface area is 152 Å². The maximum Gasteiger partial charge on any atom is 0.412 e. The minimum Gasteiger partial charge on any atom is -0.444 e. The molecule has 4 nitrogen and oxygen atoms in total. The number of ether oxygens (including phenoxy) is 1. The summed E-state index contributed by atoms with van der Waals surface area (Å²) in [5.41, 5.74) is -0.882. The van der Waals surface area contributed by atoms with Crippen molar-refractivity contribution in [1.82, 2.24) is 4.90 Å². The highest BCUT2D eigenvalue weighted by molar-refractivity contribution is 9.09. The molecule has 1 fully saturated rings. The van der Waals surface area contributed by atoms with E-state index in [9.17, 15) is 4.79 Å². The Bertz CT molecular complexity index is 417. The summed E-state index contributed by atoms with van der Waals surface area (Å²) in [7, 11) is -1.31. The van der Waals surface area contributed by atoms with Gasteiger partial charge < -0.3 is 9.16 Å². The van der Waals surface area contributed by atoms with Gasteiger partial charge in [0.25, 0.3) is 0 Å². The zero-order valence-corrected chi connectivity index (χ0v) is 18.8. The number of carbonyl (C=O) groups is 1. The van der Waals surface area contributed by atoms with Gasteiger partial charge in [-0.2, -0.15) is 0 Å². The third-order valence-corrected chi connectivity index (χ3v) is 5.55. The van der Waals surface area contributed by atoms with Crippen molar-refractivity contribution in [2.75, 3.05) is 11.9 Å². The van der Waals surface area contributed by atoms with E-state index in [1.54, 1.807) is 0 Å². The number of amides is 1. The van der Waals surface area contributed by atoms with Gasteiger partial charge in [0.05, 0.1) is 0 Å². The molecule has 1 heterocycles. The topological polar surface area (TPSA) is 38.8 Å². The lowest BCUT2D eigenvalue weighted by molar-refractivity contribution is -0.0693. The Balaban J connectivity index is 3.15. The van der Waals surface area contributed by atoms with Crippen LogP contribution in [0.4, 0.5) is 4.79 Å². The Morgan fingerprint density at radius 2 is 1.83 bits per heavy atom. The van der Waals surface area contributed by atoms with Gasteiger partial charge in [-0.15, -0.1) is 0 Å². The molecule has 0 aliphatic carbocycles. The average Bonchev–Trinajstić information content (AvgIpc) is 2.65. The summed E-state index contributed by atoms with van der Waals surface area (Å²) in [5.74, 6) is 0.404. The maximum atomic E-state index is 12.8. The molecule has 23 heavy (non-hydrogen) atoms. The first-order valence-corrected chi connectivity index (χ1v) is 12.5. The third kappa shape index (κ3) is 5.75. The first-order chi connectivity index (χ1) is 10.3. The molecular weight excluding hydrogens is 374 g/mol. The smallest absolute Gasteiger partial charge is 0.412 e. The van der Waals surface area contributed by atoms with Crippen LogP contribution in [0.5, 0.6) is 0 Å². The van der Waals surface area contributed by atoms with Crippen LogP contribution in [0.25, 0.3) is 0 Å². The number of rotatable bonds is 4. The van der Waals surface area contributed by atoms with Gasteiger partial charge in [0, 0.05) is 18.3 Å². The summed E-state index contributed by atoms with van der Waals surface area (Å²) in [6.07, 6.45) is 1.43. The van der Waals surface area contributed by atoms with E-state index in [0.29, 0.717) is 12.5 Å². The van der Waals surface area contributed by atoms with Crippen molar-refractivity contribution in [2.45, 2.75) is 78.8 Å². The molecule has 0 saturated carbocycles. The van der Waals surface area contributed by atoms with E-state index in [-0.39, 0.29) is 11.5 Å². The molecule has 1 aliphatic rings. The molecule has 136 valence electrons. The van der Waals surface area contributed by atoms with Gasteiger partial charge in [-0.05, 0) is 51.6 Å². The number of alkyl halides is 1. The van der Waals surface area contributed by atoms with Crippen LogP contribution in [-0.2, 0) is 9.16 Å². The first kappa shape index (κ1) is 21.0. The minimum atomic E-state index is -1.31. The summed E-state index contributed by atoms with van der Waals surface area (Å²) in [5, 5.41) is 0.810.